The summed E-state index contributed by atoms with van der Waals surface area (Å²) in [5.41, 5.74) is 0. The number of thiophene rings is 1. The summed E-state index contributed by atoms with van der Waals surface area (Å²) >= 11 is 2.57. The van der Waals surface area contributed by atoms with Crippen LogP contribution in [0.5, 0.6) is 0 Å². The fourth-order valence-electron chi connectivity index (χ4n) is 1.38. The van der Waals surface area contributed by atoms with Crippen LogP contribution >= 0.6 is 23.1 Å². The second-order valence-electron chi connectivity index (χ2n) is 3.80. The number of sulfone groups is 1. The normalized spacial score (nSPS) is 11.4. The Balaban J connectivity index is 2.17. The summed E-state index contributed by atoms with van der Waals surface area (Å²) in [6.07, 6.45) is 1.16. The molecule has 0 amide bonds. The van der Waals surface area contributed by atoms with Crippen molar-refractivity contribution in [1.29, 1.82) is 0 Å². The largest absolute Gasteiger partial charge is 0.477 e. The lowest BCUT2D eigenvalue weighted by molar-refractivity contribution is 0.0702. The van der Waals surface area contributed by atoms with Crippen LogP contribution in [0.3, 0.4) is 0 Å². The third-order valence-electron chi connectivity index (χ3n) is 2.27. The first-order chi connectivity index (χ1) is 8.86. The highest BCUT2D eigenvalue weighted by Gasteiger charge is 2.09. The standard InChI is InChI=1S/C12H10O4S3/c1-19(15,16)10-4-2-8(3-5-10)18-9-6-11(12(13)14)17-7-9/h2-7H,1H3,(H,13,14). The number of hydrogen-bond acceptors (Lipinski definition) is 5. The van der Waals surface area contributed by atoms with Gasteiger partial charge >= 0.3 is 5.97 Å². The summed E-state index contributed by atoms with van der Waals surface area (Å²) in [6, 6.07) is 8.10. The topological polar surface area (TPSA) is 71.4 Å². The smallest absolute Gasteiger partial charge is 0.345 e. The predicted molar refractivity (Wildman–Crippen MR) is 75.0 cm³/mol. The van der Waals surface area contributed by atoms with Gasteiger partial charge in [-0.15, -0.1) is 11.3 Å². The van der Waals surface area contributed by atoms with Crippen LogP contribution in [0.4, 0.5) is 0 Å². The van der Waals surface area contributed by atoms with Crippen LogP contribution in [-0.2, 0) is 9.84 Å². The maximum Gasteiger partial charge on any atom is 0.345 e. The molecular formula is C12H10O4S3. The van der Waals surface area contributed by atoms with Gasteiger partial charge in [0.15, 0.2) is 9.84 Å². The highest BCUT2D eigenvalue weighted by Crippen LogP contribution is 2.31. The Morgan fingerprint density at radius 1 is 1.21 bits per heavy atom. The van der Waals surface area contributed by atoms with Gasteiger partial charge in [0.05, 0.1) is 4.90 Å². The summed E-state index contributed by atoms with van der Waals surface area (Å²) in [5, 5.41) is 10.6. The SMILES string of the molecule is CS(=O)(=O)c1ccc(Sc2csc(C(=O)O)c2)cc1. The van der Waals surface area contributed by atoms with Gasteiger partial charge in [-0.1, -0.05) is 11.8 Å². The molecule has 7 heteroatoms. The van der Waals surface area contributed by atoms with Crippen LogP contribution in [0.25, 0.3) is 0 Å². The Labute approximate surface area is 119 Å². The highest BCUT2D eigenvalue weighted by molar-refractivity contribution is 7.99. The minimum Gasteiger partial charge on any atom is -0.477 e. The summed E-state index contributed by atoms with van der Waals surface area (Å²) in [6.45, 7) is 0. The molecule has 1 heterocycles. The molecule has 1 aromatic carbocycles. The number of hydrogen-bond donors (Lipinski definition) is 1. The summed E-state index contributed by atoms with van der Waals surface area (Å²) < 4.78 is 22.6. The average molecular weight is 314 g/mol. The summed E-state index contributed by atoms with van der Waals surface area (Å²) in [4.78, 5) is 13.0. The first-order valence-electron chi connectivity index (χ1n) is 5.16. The number of aromatic carboxylic acids is 1. The van der Waals surface area contributed by atoms with Crippen LogP contribution in [0.15, 0.2) is 50.4 Å². The minimum atomic E-state index is -3.18. The number of carboxylic acid groups (broad SMARTS) is 1. The zero-order valence-electron chi connectivity index (χ0n) is 9.86. The highest BCUT2D eigenvalue weighted by atomic mass is 32.2. The predicted octanol–water partition coefficient (Wildman–Crippen LogP) is 3.00. The molecule has 1 N–H and O–H groups in total. The van der Waals surface area contributed by atoms with Crippen molar-refractivity contribution in [2.45, 2.75) is 14.7 Å². The van der Waals surface area contributed by atoms with Crippen molar-refractivity contribution < 1.29 is 18.3 Å². The first kappa shape index (κ1) is 14.1. The fraction of sp³-hybridized carbons (Fsp3) is 0.0833. The van der Waals surface area contributed by atoms with Crippen molar-refractivity contribution in [3.05, 3.63) is 40.6 Å². The molecule has 0 aliphatic rings. The quantitative estimate of drug-likeness (QED) is 0.939. The Hall–Kier alpha value is -1.31. The van der Waals surface area contributed by atoms with E-state index in [9.17, 15) is 13.2 Å². The number of benzene rings is 1. The van der Waals surface area contributed by atoms with Gasteiger partial charge in [0, 0.05) is 21.4 Å². The van der Waals surface area contributed by atoms with Crippen LogP contribution in [0.1, 0.15) is 9.67 Å². The molecule has 0 saturated heterocycles. The first-order valence-corrected chi connectivity index (χ1v) is 8.75. The molecule has 2 rings (SSSR count). The molecule has 0 spiro atoms. The number of rotatable bonds is 4. The van der Waals surface area contributed by atoms with Crippen LogP contribution in [-0.4, -0.2) is 25.7 Å². The molecule has 0 aliphatic heterocycles. The summed E-state index contributed by atoms with van der Waals surface area (Å²) in [7, 11) is -3.18. The van der Waals surface area contributed by atoms with Crippen LogP contribution in [0, 0.1) is 0 Å². The molecule has 0 aliphatic carbocycles. The second-order valence-corrected chi connectivity index (χ2v) is 7.87. The van der Waals surface area contributed by atoms with Gasteiger partial charge < -0.3 is 5.11 Å². The lowest BCUT2D eigenvalue weighted by atomic mass is 10.4. The molecule has 100 valence electrons. The van der Waals surface area contributed by atoms with Crippen molar-refractivity contribution in [2.75, 3.05) is 6.26 Å². The molecule has 0 bridgehead atoms. The Bertz CT molecular complexity index is 699. The zero-order valence-corrected chi connectivity index (χ0v) is 12.3. The molecule has 0 radical (unpaired) electrons. The van der Waals surface area contributed by atoms with Gasteiger partial charge in [0.1, 0.15) is 4.88 Å². The van der Waals surface area contributed by atoms with E-state index in [4.69, 9.17) is 5.11 Å². The maximum absolute atomic E-state index is 11.3. The van der Waals surface area contributed by atoms with E-state index in [1.807, 2.05) is 0 Å². The van der Waals surface area contributed by atoms with Gasteiger partial charge in [-0.25, -0.2) is 13.2 Å². The van der Waals surface area contributed by atoms with Crippen molar-refractivity contribution >= 4 is 38.9 Å². The van der Waals surface area contributed by atoms with Gasteiger partial charge in [0.25, 0.3) is 0 Å². The molecule has 1 aromatic heterocycles. The average Bonchev–Trinajstić information content (AvgIpc) is 2.77. The lowest BCUT2D eigenvalue weighted by Crippen LogP contribution is -1.95. The fourth-order valence-corrected chi connectivity index (χ4v) is 3.75. The van der Waals surface area contributed by atoms with Crippen LogP contribution in [0.2, 0.25) is 0 Å². The molecule has 2 aromatic rings. The molecule has 0 atom stereocenters. The zero-order chi connectivity index (χ0) is 14.0. The number of carboxylic acids is 1. The lowest BCUT2D eigenvalue weighted by Gasteiger charge is -2.01. The van der Waals surface area contributed by atoms with Gasteiger partial charge in [0.2, 0.25) is 0 Å². The van der Waals surface area contributed by atoms with E-state index in [2.05, 4.69) is 0 Å². The van der Waals surface area contributed by atoms with E-state index >= 15 is 0 Å². The van der Waals surface area contributed by atoms with E-state index in [-0.39, 0.29) is 9.77 Å². The van der Waals surface area contributed by atoms with E-state index in [1.54, 1.807) is 35.7 Å². The third-order valence-corrected chi connectivity index (χ3v) is 5.45. The summed E-state index contributed by atoms with van der Waals surface area (Å²) in [5.74, 6) is -0.940. The molecular weight excluding hydrogens is 304 g/mol. The number of carbonyl (C=O) groups is 1. The van der Waals surface area contributed by atoms with Gasteiger partial charge in [-0.3, -0.25) is 0 Å². The maximum atomic E-state index is 11.3. The molecule has 4 nitrogen and oxygen atoms in total. The van der Waals surface area contributed by atoms with E-state index in [0.717, 1.165) is 16.0 Å². The Kier molecular flexibility index (Phi) is 3.98. The van der Waals surface area contributed by atoms with E-state index in [0.29, 0.717) is 0 Å². The van der Waals surface area contributed by atoms with Gasteiger partial charge in [-0.2, -0.15) is 0 Å². The Morgan fingerprint density at radius 3 is 2.32 bits per heavy atom. The monoisotopic (exact) mass is 314 g/mol. The molecule has 19 heavy (non-hydrogen) atoms. The van der Waals surface area contributed by atoms with Crippen LogP contribution < -0.4 is 0 Å². The van der Waals surface area contributed by atoms with Crippen molar-refractivity contribution in [2.24, 2.45) is 0 Å². The van der Waals surface area contributed by atoms with E-state index < -0.39 is 15.8 Å². The van der Waals surface area contributed by atoms with Crippen molar-refractivity contribution in [3.8, 4) is 0 Å². The van der Waals surface area contributed by atoms with E-state index in [1.165, 1.54) is 23.1 Å². The minimum absolute atomic E-state index is 0.272. The molecule has 0 saturated carbocycles. The van der Waals surface area contributed by atoms with Crippen molar-refractivity contribution in [3.63, 3.8) is 0 Å². The van der Waals surface area contributed by atoms with Gasteiger partial charge in [-0.05, 0) is 30.3 Å². The Morgan fingerprint density at radius 2 is 1.84 bits per heavy atom. The second kappa shape index (κ2) is 5.36. The van der Waals surface area contributed by atoms with Crippen molar-refractivity contribution in [1.82, 2.24) is 0 Å². The molecule has 0 unspecified atom stereocenters. The molecule has 0 fully saturated rings. The third kappa shape index (κ3) is 3.59.